The van der Waals surface area contributed by atoms with Crippen molar-refractivity contribution in [1.29, 1.82) is 0 Å². The summed E-state index contributed by atoms with van der Waals surface area (Å²) >= 11 is 0. The summed E-state index contributed by atoms with van der Waals surface area (Å²) < 4.78 is 10.5. The molecule has 0 spiro atoms. The van der Waals surface area contributed by atoms with E-state index in [1.165, 1.54) is 6.08 Å². The fourth-order valence-electron chi connectivity index (χ4n) is 0.804. The maximum atomic E-state index is 9.06. The minimum absolute atomic E-state index is 0.527. The number of hydrogen-bond donors (Lipinski definition) is 1. The Morgan fingerprint density at radius 2 is 1.91 bits per heavy atom. The predicted molar refractivity (Wildman–Crippen MR) is 46.9 cm³/mol. The van der Waals surface area contributed by atoms with E-state index in [0.717, 1.165) is 0 Å². The smallest absolute Gasteiger partial charge is 0.228 e. The Hall–Kier alpha value is -0.163. The number of hydrogen-bond acceptors (Lipinski definition) is 3. The molecular weight excluding hydrogens is 160 g/mol. The van der Waals surface area contributed by atoms with E-state index in [9.17, 15) is 0 Å². The van der Waals surface area contributed by atoms with Crippen molar-refractivity contribution in [2.75, 3.05) is 13.2 Å². The van der Waals surface area contributed by atoms with Crippen LogP contribution in [0.5, 0.6) is 0 Å². The Morgan fingerprint density at radius 3 is 2.09 bits per heavy atom. The summed E-state index contributed by atoms with van der Waals surface area (Å²) in [6, 6.07) is 0. The van der Waals surface area contributed by atoms with E-state index in [1.807, 2.05) is 13.8 Å². The molecule has 0 radical (unpaired) electrons. The lowest BCUT2D eigenvalue weighted by Gasteiger charge is -2.27. The zero-order valence-corrected chi connectivity index (χ0v) is 8.58. The Kier molecular flexibility index (Phi) is 5.40. The lowest BCUT2D eigenvalue weighted by atomic mass is 10.6. The van der Waals surface area contributed by atoms with E-state index in [-0.39, 0.29) is 0 Å². The van der Waals surface area contributed by atoms with Gasteiger partial charge in [-0.25, -0.2) is 0 Å². The zero-order chi connectivity index (χ0) is 8.74. The Bertz CT molecular complexity index is 110. The number of rotatable bonds is 6. The molecule has 0 fully saturated rings. The number of ether oxygens (including phenoxy) is 2. The Labute approximate surface area is 70.0 Å². The van der Waals surface area contributed by atoms with Crippen molar-refractivity contribution in [1.82, 2.24) is 0 Å². The Morgan fingerprint density at radius 1 is 1.45 bits per heavy atom. The molecule has 0 heterocycles. The van der Waals surface area contributed by atoms with Crippen LogP contribution in [0.2, 0.25) is 0 Å². The predicted octanol–water partition coefficient (Wildman–Crippen LogP) is -0.0247. The molecule has 3 nitrogen and oxygen atoms in total. The third-order valence-electron chi connectivity index (χ3n) is 1.31. The molecule has 0 aromatic heterocycles. The van der Waals surface area contributed by atoms with Crippen LogP contribution in [0, 0.1) is 0 Å². The first-order chi connectivity index (χ1) is 5.24. The third kappa shape index (κ3) is 3.16. The zero-order valence-electron chi connectivity index (χ0n) is 7.17. The monoisotopic (exact) mass is 176 g/mol. The molecule has 0 aliphatic heterocycles. The van der Waals surface area contributed by atoms with Crippen molar-refractivity contribution in [2.24, 2.45) is 0 Å². The van der Waals surface area contributed by atoms with Crippen molar-refractivity contribution in [3.63, 3.8) is 0 Å². The van der Waals surface area contributed by atoms with Gasteiger partial charge in [0.25, 0.3) is 0 Å². The SMILES string of the molecule is C=CC(OCC)(OCC)[SiH2]O. The standard InChI is InChI=1S/C7H16O3Si/c1-4-7(11-8,9-5-2)10-6-3/h4,8H,1,5-6,11H2,2-3H3. The third-order valence-corrected chi connectivity index (χ3v) is 2.45. The molecule has 0 saturated carbocycles. The van der Waals surface area contributed by atoms with Gasteiger partial charge in [-0.15, -0.1) is 0 Å². The first-order valence-electron chi connectivity index (χ1n) is 3.77. The lowest BCUT2D eigenvalue weighted by Crippen LogP contribution is -2.40. The van der Waals surface area contributed by atoms with Gasteiger partial charge in [-0.2, -0.15) is 0 Å². The average molecular weight is 176 g/mol. The van der Waals surface area contributed by atoms with E-state index in [0.29, 0.717) is 13.2 Å². The molecular formula is C7H16O3Si. The van der Waals surface area contributed by atoms with Crippen LogP contribution < -0.4 is 0 Å². The molecule has 0 atom stereocenters. The summed E-state index contributed by atoms with van der Waals surface area (Å²) in [6.45, 7) is 8.35. The summed E-state index contributed by atoms with van der Waals surface area (Å²) in [5, 5.41) is 0. The first kappa shape index (κ1) is 10.8. The van der Waals surface area contributed by atoms with Gasteiger partial charge in [0.2, 0.25) is 9.76 Å². The second-order valence-corrected chi connectivity index (χ2v) is 3.34. The van der Waals surface area contributed by atoms with Gasteiger partial charge in [0.1, 0.15) is 0 Å². The normalized spacial score (nSPS) is 12.6. The van der Waals surface area contributed by atoms with Crippen molar-refractivity contribution in [2.45, 2.75) is 19.3 Å². The molecule has 0 aliphatic rings. The second kappa shape index (κ2) is 5.48. The van der Waals surface area contributed by atoms with Crippen LogP contribution in [0.1, 0.15) is 13.8 Å². The quantitative estimate of drug-likeness (QED) is 0.351. The first-order valence-corrected chi connectivity index (χ1v) is 5.11. The molecule has 0 aliphatic carbocycles. The van der Waals surface area contributed by atoms with Crippen LogP contribution in [0.4, 0.5) is 0 Å². The van der Waals surface area contributed by atoms with E-state index >= 15 is 0 Å². The highest BCUT2D eigenvalue weighted by Crippen LogP contribution is 2.11. The van der Waals surface area contributed by atoms with Crippen LogP contribution in [0.25, 0.3) is 0 Å². The van der Waals surface area contributed by atoms with E-state index < -0.39 is 15.2 Å². The highest BCUT2D eigenvalue weighted by Gasteiger charge is 2.26. The molecule has 4 heteroatoms. The van der Waals surface area contributed by atoms with Crippen molar-refractivity contribution in [3.05, 3.63) is 12.7 Å². The molecule has 1 N–H and O–H groups in total. The Balaban J connectivity index is 4.07. The van der Waals surface area contributed by atoms with Gasteiger partial charge in [-0.05, 0) is 19.9 Å². The largest absolute Gasteiger partial charge is 0.432 e. The summed E-state index contributed by atoms with van der Waals surface area (Å²) in [5.74, 6) is 0. The molecule has 0 bridgehead atoms. The van der Waals surface area contributed by atoms with Crippen LogP contribution >= 0.6 is 0 Å². The van der Waals surface area contributed by atoms with Crippen molar-refractivity contribution < 1.29 is 14.3 Å². The van der Waals surface area contributed by atoms with E-state index in [4.69, 9.17) is 14.3 Å². The van der Waals surface area contributed by atoms with Crippen LogP contribution in [-0.2, 0) is 9.47 Å². The molecule has 0 saturated heterocycles. The minimum Gasteiger partial charge on any atom is -0.432 e. The van der Waals surface area contributed by atoms with Crippen molar-refractivity contribution >= 4 is 9.76 Å². The fourth-order valence-corrected chi connectivity index (χ4v) is 1.52. The van der Waals surface area contributed by atoms with Gasteiger partial charge in [-0.1, -0.05) is 6.58 Å². The van der Waals surface area contributed by atoms with Gasteiger partial charge in [0.15, 0.2) is 5.41 Å². The topological polar surface area (TPSA) is 38.7 Å². The maximum Gasteiger partial charge on any atom is 0.228 e. The van der Waals surface area contributed by atoms with Gasteiger partial charge in [0, 0.05) is 13.2 Å². The molecule has 0 aromatic rings. The summed E-state index contributed by atoms with van der Waals surface area (Å²) in [7, 11) is -1.36. The molecule has 11 heavy (non-hydrogen) atoms. The van der Waals surface area contributed by atoms with Gasteiger partial charge in [0.05, 0.1) is 0 Å². The van der Waals surface area contributed by atoms with Crippen LogP contribution in [0.3, 0.4) is 0 Å². The lowest BCUT2D eigenvalue weighted by molar-refractivity contribution is -0.147. The van der Waals surface area contributed by atoms with Gasteiger partial charge >= 0.3 is 0 Å². The fraction of sp³-hybridized carbons (Fsp3) is 0.714. The molecule has 0 unspecified atom stereocenters. The van der Waals surface area contributed by atoms with E-state index in [1.54, 1.807) is 0 Å². The molecule has 0 aromatic carbocycles. The van der Waals surface area contributed by atoms with Crippen molar-refractivity contribution in [3.8, 4) is 0 Å². The minimum atomic E-state index is -1.36. The summed E-state index contributed by atoms with van der Waals surface area (Å²) in [5.41, 5.74) is -0.858. The average Bonchev–Trinajstić information content (AvgIpc) is 2.04. The summed E-state index contributed by atoms with van der Waals surface area (Å²) in [6.07, 6.45) is 1.53. The molecule has 0 amide bonds. The van der Waals surface area contributed by atoms with Crippen LogP contribution in [0.15, 0.2) is 12.7 Å². The summed E-state index contributed by atoms with van der Waals surface area (Å²) in [4.78, 5) is 9.06. The highest BCUT2D eigenvalue weighted by atomic mass is 28.2. The van der Waals surface area contributed by atoms with E-state index in [2.05, 4.69) is 6.58 Å². The van der Waals surface area contributed by atoms with Gasteiger partial charge in [-0.3, -0.25) is 0 Å². The van der Waals surface area contributed by atoms with Gasteiger partial charge < -0.3 is 14.3 Å². The second-order valence-electron chi connectivity index (χ2n) is 2.04. The highest BCUT2D eigenvalue weighted by molar-refractivity contribution is 6.30. The van der Waals surface area contributed by atoms with Crippen LogP contribution in [-0.4, -0.2) is 33.2 Å². The molecule has 0 rings (SSSR count). The maximum absolute atomic E-state index is 9.06. The molecule has 66 valence electrons.